The molecule has 1 atom stereocenters. The zero-order valence-electron chi connectivity index (χ0n) is 17.4. The Morgan fingerprint density at radius 1 is 1.10 bits per heavy atom. The zero-order valence-corrected chi connectivity index (χ0v) is 17.4. The topological polar surface area (TPSA) is 58.6 Å². The quantitative estimate of drug-likeness (QED) is 0.661. The molecule has 1 heterocycles. The van der Waals surface area contributed by atoms with Crippen LogP contribution in [0.3, 0.4) is 0 Å². The Hall–Kier alpha value is -3.29. The van der Waals surface area contributed by atoms with E-state index in [4.69, 9.17) is 4.74 Å². The minimum atomic E-state index is -4.65. The van der Waals surface area contributed by atoms with Crippen molar-refractivity contribution in [1.29, 1.82) is 0 Å². The van der Waals surface area contributed by atoms with Gasteiger partial charge in [-0.1, -0.05) is 48.5 Å². The molecule has 164 valence electrons. The molecule has 1 N–H and O–H groups in total. The first-order valence-corrected chi connectivity index (χ1v) is 9.79. The first kappa shape index (κ1) is 22.4. The molecule has 1 aliphatic heterocycles. The van der Waals surface area contributed by atoms with Crippen molar-refractivity contribution in [3.8, 4) is 0 Å². The predicted molar refractivity (Wildman–Crippen MR) is 109 cm³/mol. The summed E-state index contributed by atoms with van der Waals surface area (Å²) >= 11 is 0. The molecule has 2 aromatic rings. The van der Waals surface area contributed by atoms with Crippen LogP contribution in [0, 0.1) is 0 Å². The van der Waals surface area contributed by atoms with Gasteiger partial charge in [0.25, 0.3) is 0 Å². The molecule has 0 aromatic heterocycles. The maximum atomic E-state index is 13.6. The SMILES string of the molecule is CC1=C(C(=O)OC(C)C)C(c2ccccc2C(F)(F)F)NC(=O)N1Cc1ccccc1. The standard InChI is InChI=1S/C23H23F3N2O3/c1-14(2)31-21(29)19-15(3)28(13-16-9-5-4-6-10-16)22(30)27-20(19)17-11-7-8-12-18(17)23(24,25)26/h4-12,14,20H,13H2,1-3H3,(H,27,30). The average Bonchev–Trinajstić information content (AvgIpc) is 2.70. The summed E-state index contributed by atoms with van der Waals surface area (Å²) in [6, 6.07) is 12.1. The van der Waals surface area contributed by atoms with E-state index in [0.717, 1.165) is 11.6 Å². The summed E-state index contributed by atoms with van der Waals surface area (Å²) in [6.45, 7) is 5.00. The molecule has 0 radical (unpaired) electrons. The number of carbonyl (C=O) groups excluding carboxylic acids is 2. The number of carbonyl (C=O) groups is 2. The molecule has 5 nitrogen and oxygen atoms in total. The van der Waals surface area contributed by atoms with Gasteiger partial charge in [0.1, 0.15) is 0 Å². The van der Waals surface area contributed by atoms with Crippen LogP contribution in [-0.2, 0) is 22.3 Å². The molecule has 0 fully saturated rings. The Labute approximate surface area is 178 Å². The number of alkyl halides is 3. The van der Waals surface area contributed by atoms with Gasteiger partial charge in [0, 0.05) is 5.70 Å². The van der Waals surface area contributed by atoms with Crippen molar-refractivity contribution in [2.45, 2.75) is 45.6 Å². The fraction of sp³-hybridized carbons (Fsp3) is 0.304. The van der Waals surface area contributed by atoms with Gasteiger partial charge in [-0.05, 0) is 38.0 Å². The normalized spacial score (nSPS) is 17.1. The van der Waals surface area contributed by atoms with Crippen molar-refractivity contribution in [2.75, 3.05) is 0 Å². The first-order chi connectivity index (χ1) is 14.6. The van der Waals surface area contributed by atoms with E-state index in [1.54, 1.807) is 20.8 Å². The van der Waals surface area contributed by atoms with E-state index >= 15 is 0 Å². The van der Waals surface area contributed by atoms with Gasteiger partial charge in [-0.25, -0.2) is 9.59 Å². The van der Waals surface area contributed by atoms with E-state index in [0.29, 0.717) is 0 Å². The fourth-order valence-electron chi connectivity index (χ4n) is 3.52. The Morgan fingerprint density at radius 3 is 2.32 bits per heavy atom. The Bertz CT molecular complexity index is 1000. The van der Waals surface area contributed by atoms with E-state index < -0.39 is 35.9 Å². The number of hydrogen-bond donors (Lipinski definition) is 1. The second-order valence-electron chi connectivity index (χ2n) is 7.49. The van der Waals surface area contributed by atoms with Crippen LogP contribution in [0.5, 0.6) is 0 Å². The van der Waals surface area contributed by atoms with E-state index in [1.807, 2.05) is 30.3 Å². The molecule has 8 heteroatoms. The molecule has 2 amide bonds. The van der Waals surface area contributed by atoms with Gasteiger partial charge in [0.05, 0.1) is 29.8 Å². The monoisotopic (exact) mass is 432 g/mol. The van der Waals surface area contributed by atoms with Crippen LogP contribution in [0.4, 0.5) is 18.0 Å². The molecule has 2 aromatic carbocycles. The van der Waals surface area contributed by atoms with Crippen molar-refractivity contribution < 1.29 is 27.5 Å². The number of esters is 1. The van der Waals surface area contributed by atoms with Gasteiger partial charge in [0.15, 0.2) is 0 Å². The summed E-state index contributed by atoms with van der Waals surface area (Å²) in [4.78, 5) is 27.2. The third-order valence-electron chi connectivity index (χ3n) is 4.92. The highest BCUT2D eigenvalue weighted by atomic mass is 19.4. The van der Waals surface area contributed by atoms with Crippen molar-refractivity contribution in [3.63, 3.8) is 0 Å². The van der Waals surface area contributed by atoms with Crippen LogP contribution in [0.1, 0.15) is 43.5 Å². The molecule has 3 rings (SSSR count). The first-order valence-electron chi connectivity index (χ1n) is 9.79. The lowest BCUT2D eigenvalue weighted by Gasteiger charge is -2.36. The van der Waals surface area contributed by atoms with Crippen LogP contribution >= 0.6 is 0 Å². The summed E-state index contributed by atoms with van der Waals surface area (Å²) in [5, 5.41) is 2.58. The Morgan fingerprint density at radius 2 is 1.71 bits per heavy atom. The summed E-state index contributed by atoms with van der Waals surface area (Å²) in [5.41, 5.74) is -0.0962. The minimum Gasteiger partial charge on any atom is -0.459 e. The fourth-order valence-corrected chi connectivity index (χ4v) is 3.52. The second kappa shape index (κ2) is 8.83. The lowest BCUT2D eigenvalue weighted by Crippen LogP contribution is -2.48. The van der Waals surface area contributed by atoms with E-state index in [2.05, 4.69) is 5.32 Å². The molecular weight excluding hydrogens is 409 g/mol. The summed E-state index contributed by atoms with van der Waals surface area (Å²) in [6.07, 6.45) is -5.13. The van der Waals surface area contributed by atoms with Crippen LogP contribution in [0.2, 0.25) is 0 Å². The molecule has 0 bridgehead atoms. The van der Waals surface area contributed by atoms with Crippen molar-refractivity contribution in [1.82, 2.24) is 10.2 Å². The van der Waals surface area contributed by atoms with Gasteiger partial charge in [0.2, 0.25) is 0 Å². The average molecular weight is 432 g/mol. The minimum absolute atomic E-state index is 0.0269. The number of nitrogens with zero attached hydrogens (tertiary/aromatic N) is 1. The molecular formula is C23H23F3N2O3. The van der Waals surface area contributed by atoms with E-state index in [-0.39, 0.29) is 23.4 Å². The van der Waals surface area contributed by atoms with Crippen LogP contribution in [-0.4, -0.2) is 23.0 Å². The summed E-state index contributed by atoms with van der Waals surface area (Å²) < 4.78 is 46.2. The van der Waals surface area contributed by atoms with Crippen molar-refractivity contribution in [3.05, 3.63) is 82.6 Å². The maximum Gasteiger partial charge on any atom is 0.416 e. The number of nitrogens with one attached hydrogen (secondary N) is 1. The van der Waals surface area contributed by atoms with Crippen LogP contribution < -0.4 is 5.32 Å². The molecule has 1 unspecified atom stereocenters. The third kappa shape index (κ3) is 4.90. The number of halogens is 3. The summed E-state index contributed by atoms with van der Waals surface area (Å²) in [7, 11) is 0. The van der Waals surface area contributed by atoms with Crippen molar-refractivity contribution >= 4 is 12.0 Å². The molecule has 0 spiro atoms. The molecule has 1 aliphatic rings. The number of allylic oxidation sites excluding steroid dienone is 1. The van der Waals surface area contributed by atoms with E-state index in [9.17, 15) is 22.8 Å². The second-order valence-corrected chi connectivity index (χ2v) is 7.49. The molecule has 0 aliphatic carbocycles. The van der Waals surface area contributed by atoms with Crippen molar-refractivity contribution in [2.24, 2.45) is 0 Å². The van der Waals surface area contributed by atoms with Gasteiger partial charge < -0.3 is 10.1 Å². The number of hydrogen-bond acceptors (Lipinski definition) is 3. The van der Waals surface area contributed by atoms with Gasteiger partial charge in [-0.3, -0.25) is 4.90 Å². The number of benzene rings is 2. The number of rotatable bonds is 5. The lowest BCUT2D eigenvalue weighted by atomic mass is 9.91. The highest BCUT2D eigenvalue weighted by molar-refractivity contribution is 5.95. The van der Waals surface area contributed by atoms with Gasteiger partial charge in [-0.15, -0.1) is 0 Å². The highest BCUT2D eigenvalue weighted by Gasteiger charge is 2.41. The number of urea groups is 1. The van der Waals surface area contributed by atoms with Gasteiger partial charge in [-0.2, -0.15) is 13.2 Å². The van der Waals surface area contributed by atoms with E-state index in [1.165, 1.54) is 23.1 Å². The summed E-state index contributed by atoms with van der Waals surface area (Å²) in [5.74, 6) is -0.771. The smallest absolute Gasteiger partial charge is 0.416 e. The molecule has 31 heavy (non-hydrogen) atoms. The highest BCUT2D eigenvalue weighted by Crippen LogP contribution is 2.39. The lowest BCUT2D eigenvalue weighted by molar-refractivity contribution is -0.144. The third-order valence-corrected chi connectivity index (χ3v) is 4.92. The van der Waals surface area contributed by atoms with Crippen LogP contribution in [0.25, 0.3) is 0 Å². The molecule has 0 saturated heterocycles. The predicted octanol–water partition coefficient (Wildman–Crippen LogP) is 5.20. The Kier molecular flexibility index (Phi) is 6.38. The van der Waals surface area contributed by atoms with Gasteiger partial charge >= 0.3 is 18.2 Å². The molecule has 0 saturated carbocycles. The number of ether oxygens (including phenoxy) is 1. The zero-order chi connectivity index (χ0) is 22.8. The number of amides is 2. The largest absolute Gasteiger partial charge is 0.459 e. The Balaban J connectivity index is 2.12. The van der Waals surface area contributed by atoms with Crippen LogP contribution in [0.15, 0.2) is 65.9 Å². The maximum absolute atomic E-state index is 13.6.